The molecule has 156 valence electrons. The second-order valence-electron chi connectivity index (χ2n) is 7.14. The summed E-state index contributed by atoms with van der Waals surface area (Å²) in [5, 5.41) is 14.9. The van der Waals surface area contributed by atoms with Crippen molar-refractivity contribution in [3.8, 4) is 11.4 Å². The predicted octanol–water partition coefficient (Wildman–Crippen LogP) is 2.07. The molecule has 0 spiro atoms. The van der Waals surface area contributed by atoms with Gasteiger partial charge in [0.15, 0.2) is 0 Å². The van der Waals surface area contributed by atoms with E-state index in [1.807, 2.05) is 31.2 Å². The number of sulfonamides is 1. The lowest BCUT2D eigenvalue weighted by molar-refractivity contribution is -0.117. The summed E-state index contributed by atoms with van der Waals surface area (Å²) in [6.45, 7) is 2.95. The molecule has 2 aromatic carbocycles. The van der Waals surface area contributed by atoms with Crippen molar-refractivity contribution in [1.82, 2.24) is 24.5 Å². The number of aryl methyl sites for hydroxylation is 1. The molecule has 0 bridgehead atoms. The Bertz CT molecular complexity index is 1150. The van der Waals surface area contributed by atoms with Crippen molar-refractivity contribution >= 4 is 21.6 Å². The molecule has 1 aliphatic rings. The molecule has 9 nitrogen and oxygen atoms in total. The molecule has 4 rings (SSSR count). The standard InChI is InChI=1S/C20H22N6O3S/c1-15-6-2-3-7-18(15)20-22-24-26(23-20)14-19(27)21-16-8-10-17(11-9-16)30(28,29)25-12-4-5-13-25/h2-3,6-11H,4-5,12-14H2,1H3,(H,21,27). The van der Waals surface area contributed by atoms with E-state index in [0.717, 1.165) is 24.0 Å². The number of carbonyl (C=O) groups is 1. The van der Waals surface area contributed by atoms with Crippen LogP contribution in [0.4, 0.5) is 5.69 Å². The summed E-state index contributed by atoms with van der Waals surface area (Å²) in [6, 6.07) is 13.8. The largest absolute Gasteiger partial charge is 0.324 e. The van der Waals surface area contributed by atoms with Crippen LogP contribution in [0.15, 0.2) is 53.4 Å². The number of hydrogen-bond donors (Lipinski definition) is 1. The van der Waals surface area contributed by atoms with Crippen LogP contribution in [0.2, 0.25) is 0 Å². The third-order valence-electron chi connectivity index (χ3n) is 4.96. The van der Waals surface area contributed by atoms with E-state index in [-0.39, 0.29) is 17.3 Å². The molecule has 2 heterocycles. The highest BCUT2D eigenvalue weighted by molar-refractivity contribution is 7.89. The molecule has 0 atom stereocenters. The molecule has 0 radical (unpaired) electrons. The SMILES string of the molecule is Cc1ccccc1-c1nnn(CC(=O)Nc2ccc(S(=O)(=O)N3CCCC3)cc2)n1. The number of rotatable bonds is 6. The van der Waals surface area contributed by atoms with Gasteiger partial charge < -0.3 is 5.32 Å². The van der Waals surface area contributed by atoms with Crippen molar-refractivity contribution in [3.05, 3.63) is 54.1 Å². The first-order valence-corrected chi connectivity index (χ1v) is 11.1. The van der Waals surface area contributed by atoms with Crippen molar-refractivity contribution in [2.24, 2.45) is 0 Å². The molecule has 1 aromatic heterocycles. The van der Waals surface area contributed by atoms with Crippen molar-refractivity contribution in [2.45, 2.75) is 31.2 Å². The van der Waals surface area contributed by atoms with Gasteiger partial charge in [-0.3, -0.25) is 4.79 Å². The number of hydrogen-bond acceptors (Lipinski definition) is 6. The lowest BCUT2D eigenvalue weighted by Crippen LogP contribution is -2.27. The predicted molar refractivity (Wildman–Crippen MR) is 111 cm³/mol. The van der Waals surface area contributed by atoms with Gasteiger partial charge in [0.2, 0.25) is 21.8 Å². The van der Waals surface area contributed by atoms with Gasteiger partial charge in [-0.05, 0) is 54.8 Å². The molecule has 0 aliphatic carbocycles. The highest BCUT2D eigenvalue weighted by Gasteiger charge is 2.26. The van der Waals surface area contributed by atoms with Crippen LogP contribution in [0.5, 0.6) is 0 Å². The number of nitrogens with one attached hydrogen (secondary N) is 1. The summed E-state index contributed by atoms with van der Waals surface area (Å²) in [4.78, 5) is 13.8. The number of nitrogens with zero attached hydrogens (tertiary/aromatic N) is 5. The zero-order chi connectivity index (χ0) is 21.1. The molecule has 0 unspecified atom stereocenters. The van der Waals surface area contributed by atoms with E-state index in [1.165, 1.54) is 21.2 Å². The topological polar surface area (TPSA) is 110 Å². The molecule has 3 aromatic rings. The minimum atomic E-state index is -3.47. The van der Waals surface area contributed by atoms with E-state index in [9.17, 15) is 13.2 Å². The van der Waals surface area contributed by atoms with Crippen LogP contribution in [0.3, 0.4) is 0 Å². The number of tetrazole rings is 1. The first-order valence-electron chi connectivity index (χ1n) is 9.67. The number of amides is 1. The van der Waals surface area contributed by atoms with E-state index in [0.29, 0.717) is 24.6 Å². The van der Waals surface area contributed by atoms with Crippen LogP contribution >= 0.6 is 0 Å². The lowest BCUT2D eigenvalue weighted by Gasteiger charge is -2.15. The zero-order valence-electron chi connectivity index (χ0n) is 16.5. The van der Waals surface area contributed by atoms with Crippen LogP contribution in [-0.4, -0.2) is 51.9 Å². The molecule has 1 fully saturated rings. The van der Waals surface area contributed by atoms with Crippen LogP contribution in [-0.2, 0) is 21.4 Å². The maximum atomic E-state index is 12.6. The summed E-state index contributed by atoms with van der Waals surface area (Å²) in [5.41, 5.74) is 2.38. The van der Waals surface area contributed by atoms with Gasteiger partial charge in [0, 0.05) is 24.3 Å². The summed E-state index contributed by atoms with van der Waals surface area (Å²) >= 11 is 0. The molecule has 1 saturated heterocycles. The maximum Gasteiger partial charge on any atom is 0.248 e. The summed E-state index contributed by atoms with van der Waals surface area (Å²) in [6.07, 6.45) is 1.77. The fourth-order valence-corrected chi connectivity index (χ4v) is 4.88. The molecule has 0 saturated carbocycles. The van der Waals surface area contributed by atoms with Crippen molar-refractivity contribution < 1.29 is 13.2 Å². The van der Waals surface area contributed by atoms with Gasteiger partial charge >= 0.3 is 0 Å². The average Bonchev–Trinajstić information content (AvgIpc) is 3.41. The molecule has 1 aliphatic heterocycles. The van der Waals surface area contributed by atoms with Gasteiger partial charge in [-0.15, -0.1) is 10.2 Å². The number of aromatic nitrogens is 4. The Hall–Kier alpha value is -3.11. The van der Waals surface area contributed by atoms with E-state index < -0.39 is 10.0 Å². The molecule has 1 amide bonds. The van der Waals surface area contributed by atoms with E-state index in [1.54, 1.807) is 12.1 Å². The Morgan fingerprint density at radius 3 is 2.47 bits per heavy atom. The van der Waals surface area contributed by atoms with E-state index >= 15 is 0 Å². The minimum Gasteiger partial charge on any atom is -0.324 e. The fourth-order valence-electron chi connectivity index (χ4n) is 3.36. The third-order valence-corrected chi connectivity index (χ3v) is 6.88. The highest BCUT2D eigenvalue weighted by Crippen LogP contribution is 2.22. The van der Waals surface area contributed by atoms with Crippen molar-refractivity contribution in [3.63, 3.8) is 0 Å². The fraction of sp³-hybridized carbons (Fsp3) is 0.300. The van der Waals surface area contributed by atoms with E-state index in [4.69, 9.17) is 0 Å². The molecular weight excluding hydrogens is 404 g/mol. The Morgan fingerprint density at radius 2 is 1.77 bits per heavy atom. The van der Waals surface area contributed by atoms with Crippen LogP contribution < -0.4 is 5.32 Å². The summed E-state index contributed by atoms with van der Waals surface area (Å²) in [5.74, 6) is 0.122. The van der Waals surface area contributed by atoms with Gasteiger partial charge in [-0.1, -0.05) is 24.3 Å². The normalized spacial score (nSPS) is 14.7. The first-order chi connectivity index (χ1) is 14.4. The van der Waals surface area contributed by atoms with Crippen LogP contribution in [0, 0.1) is 6.92 Å². The van der Waals surface area contributed by atoms with Gasteiger partial charge in [-0.2, -0.15) is 9.10 Å². The quantitative estimate of drug-likeness (QED) is 0.646. The van der Waals surface area contributed by atoms with Gasteiger partial charge in [0.25, 0.3) is 0 Å². The number of anilines is 1. The smallest absolute Gasteiger partial charge is 0.248 e. The number of carbonyl (C=O) groups excluding carboxylic acids is 1. The van der Waals surface area contributed by atoms with Gasteiger partial charge in [-0.25, -0.2) is 8.42 Å². The molecule has 10 heteroatoms. The second kappa shape index (κ2) is 8.33. The Morgan fingerprint density at radius 1 is 1.07 bits per heavy atom. The van der Waals surface area contributed by atoms with Crippen LogP contribution in [0.1, 0.15) is 18.4 Å². The summed E-state index contributed by atoms with van der Waals surface area (Å²) < 4.78 is 26.6. The second-order valence-corrected chi connectivity index (χ2v) is 9.08. The monoisotopic (exact) mass is 426 g/mol. The Balaban J connectivity index is 1.39. The molecule has 1 N–H and O–H groups in total. The van der Waals surface area contributed by atoms with Crippen LogP contribution in [0.25, 0.3) is 11.4 Å². The maximum absolute atomic E-state index is 12.6. The van der Waals surface area contributed by atoms with Gasteiger partial charge in [0.05, 0.1) is 4.90 Å². The Labute approximate surface area is 174 Å². The van der Waals surface area contributed by atoms with Crippen molar-refractivity contribution in [1.29, 1.82) is 0 Å². The van der Waals surface area contributed by atoms with Gasteiger partial charge in [0.1, 0.15) is 6.54 Å². The third kappa shape index (κ3) is 4.24. The summed E-state index contributed by atoms with van der Waals surface area (Å²) in [7, 11) is -3.47. The average molecular weight is 427 g/mol. The number of benzene rings is 2. The lowest BCUT2D eigenvalue weighted by atomic mass is 10.1. The minimum absolute atomic E-state index is 0.104. The molecule has 30 heavy (non-hydrogen) atoms. The van der Waals surface area contributed by atoms with Crippen molar-refractivity contribution in [2.75, 3.05) is 18.4 Å². The Kier molecular flexibility index (Phi) is 5.60. The molecular formula is C20H22N6O3S. The zero-order valence-corrected chi connectivity index (χ0v) is 17.3. The highest BCUT2D eigenvalue weighted by atomic mass is 32.2. The first kappa shape index (κ1) is 20.2. The van der Waals surface area contributed by atoms with E-state index in [2.05, 4.69) is 20.7 Å².